The molecule has 1 aromatic rings. The van der Waals surface area contributed by atoms with E-state index in [-0.39, 0.29) is 0 Å². The minimum atomic E-state index is 0.736. The van der Waals surface area contributed by atoms with Crippen molar-refractivity contribution in [2.75, 3.05) is 38.6 Å². The van der Waals surface area contributed by atoms with E-state index >= 15 is 0 Å². The average Bonchev–Trinajstić information content (AvgIpc) is 2.57. The van der Waals surface area contributed by atoms with Gasteiger partial charge in [0.2, 0.25) is 0 Å². The van der Waals surface area contributed by atoms with Gasteiger partial charge in [-0.2, -0.15) is 0 Å². The third-order valence-corrected chi connectivity index (χ3v) is 3.36. The summed E-state index contributed by atoms with van der Waals surface area (Å²) >= 11 is 5.79. The number of hydrogen-bond donors (Lipinski definition) is 0. The minimum Gasteiger partial charge on any atom is -0.301 e. The number of hydrogen-bond acceptors (Lipinski definition) is 3. The van der Waals surface area contributed by atoms with Gasteiger partial charge in [-0.3, -0.25) is 9.88 Å². The smallest absolute Gasteiger partial charge is 0.0543 e. The standard InChI is InChI=1S/C13H20ClN3/c14-5-9-16-7-3-8-17(11-10-16)12-13-4-1-2-6-15-13/h1-2,4,6H,3,5,7-12H2. The van der Waals surface area contributed by atoms with Crippen molar-refractivity contribution < 1.29 is 0 Å². The Morgan fingerprint density at radius 2 is 1.94 bits per heavy atom. The fraction of sp³-hybridized carbons (Fsp3) is 0.615. The first kappa shape index (κ1) is 12.8. The van der Waals surface area contributed by atoms with Crippen molar-refractivity contribution in [2.45, 2.75) is 13.0 Å². The molecule has 2 rings (SSSR count). The first-order valence-corrected chi connectivity index (χ1v) is 6.82. The largest absolute Gasteiger partial charge is 0.301 e. The van der Waals surface area contributed by atoms with E-state index in [1.54, 1.807) is 0 Å². The van der Waals surface area contributed by atoms with E-state index in [0.717, 1.165) is 38.6 Å². The van der Waals surface area contributed by atoms with Crippen LogP contribution in [0.1, 0.15) is 12.1 Å². The summed E-state index contributed by atoms with van der Waals surface area (Å²) in [6.45, 7) is 6.56. The van der Waals surface area contributed by atoms with Crippen molar-refractivity contribution in [2.24, 2.45) is 0 Å². The lowest BCUT2D eigenvalue weighted by atomic mass is 10.3. The van der Waals surface area contributed by atoms with Crippen LogP contribution >= 0.6 is 11.6 Å². The van der Waals surface area contributed by atoms with Gasteiger partial charge in [0.1, 0.15) is 0 Å². The summed E-state index contributed by atoms with van der Waals surface area (Å²) in [6, 6.07) is 6.12. The Morgan fingerprint density at radius 1 is 1.12 bits per heavy atom. The Morgan fingerprint density at radius 3 is 2.71 bits per heavy atom. The topological polar surface area (TPSA) is 19.4 Å². The summed E-state index contributed by atoms with van der Waals surface area (Å²) in [4.78, 5) is 9.31. The molecule has 4 heteroatoms. The predicted octanol–water partition coefficient (Wildman–Crippen LogP) is 1.83. The highest BCUT2D eigenvalue weighted by molar-refractivity contribution is 6.18. The van der Waals surface area contributed by atoms with Gasteiger partial charge >= 0.3 is 0 Å². The monoisotopic (exact) mass is 253 g/mol. The van der Waals surface area contributed by atoms with Crippen molar-refractivity contribution in [3.63, 3.8) is 0 Å². The summed E-state index contributed by atoms with van der Waals surface area (Å²) in [7, 11) is 0. The molecule has 94 valence electrons. The molecule has 1 fully saturated rings. The number of alkyl halides is 1. The second kappa shape index (κ2) is 6.94. The summed E-state index contributed by atoms with van der Waals surface area (Å²) in [5.74, 6) is 0.736. The van der Waals surface area contributed by atoms with Gasteiger partial charge in [-0.05, 0) is 31.6 Å². The molecule has 0 aromatic carbocycles. The highest BCUT2D eigenvalue weighted by atomic mass is 35.5. The van der Waals surface area contributed by atoms with Crippen molar-refractivity contribution in [1.29, 1.82) is 0 Å². The molecule has 2 heterocycles. The van der Waals surface area contributed by atoms with Gasteiger partial charge in [-0.1, -0.05) is 6.07 Å². The van der Waals surface area contributed by atoms with Crippen LogP contribution < -0.4 is 0 Å². The molecule has 1 aromatic heterocycles. The molecule has 0 unspecified atom stereocenters. The zero-order chi connectivity index (χ0) is 11.9. The van der Waals surface area contributed by atoms with Crippen molar-refractivity contribution in [1.82, 2.24) is 14.8 Å². The number of pyridine rings is 1. The maximum Gasteiger partial charge on any atom is 0.0543 e. The van der Waals surface area contributed by atoms with Crippen LogP contribution in [0.2, 0.25) is 0 Å². The quantitative estimate of drug-likeness (QED) is 0.764. The summed E-state index contributed by atoms with van der Waals surface area (Å²) in [5.41, 5.74) is 1.17. The van der Waals surface area contributed by atoms with Crippen LogP contribution in [0, 0.1) is 0 Å². The highest BCUT2D eigenvalue weighted by Crippen LogP contribution is 2.07. The van der Waals surface area contributed by atoms with E-state index in [1.807, 2.05) is 12.3 Å². The average molecular weight is 254 g/mol. The second-order valence-corrected chi connectivity index (χ2v) is 4.86. The Kier molecular flexibility index (Phi) is 5.23. The molecule has 1 aliphatic heterocycles. The number of aromatic nitrogens is 1. The fourth-order valence-electron chi connectivity index (χ4n) is 2.25. The molecule has 0 bridgehead atoms. The van der Waals surface area contributed by atoms with Crippen LogP contribution in [-0.4, -0.2) is 53.4 Å². The first-order chi connectivity index (χ1) is 8.38. The molecule has 0 radical (unpaired) electrons. The summed E-state index contributed by atoms with van der Waals surface area (Å²) in [5, 5.41) is 0. The molecular weight excluding hydrogens is 234 g/mol. The zero-order valence-electron chi connectivity index (χ0n) is 10.2. The summed E-state index contributed by atoms with van der Waals surface area (Å²) in [6.07, 6.45) is 3.09. The van der Waals surface area contributed by atoms with Gasteiger partial charge in [-0.15, -0.1) is 11.6 Å². The Bertz CT molecular complexity index is 318. The minimum absolute atomic E-state index is 0.736. The lowest BCUT2D eigenvalue weighted by molar-refractivity contribution is 0.256. The number of halogens is 1. The summed E-state index contributed by atoms with van der Waals surface area (Å²) < 4.78 is 0. The molecule has 3 nitrogen and oxygen atoms in total. The Hall–Kier alpha value is -0.640. The van der Waals surface area contributed by atoms with Gasteiger partial charge in [-0.25, -0.2) is 0 Å². The zero-order valence-corrected chi connectivity index (χ0v) is 10.9. The van der Waals surface area contributed by atoms with Crippen molar-refractivity contribution >= 4 is 11.6 Å². The molecule has 17 heavy (non-hydrogen) atoms. The van der Waals surface area contributed by atoms with E-state index in [9.17, 15) is 0 Å². The van der Waals surface area contributed by atoms with Gasteiger partial charge in [0.25, 0.3) is 0 Å². The van der Waals surface area contributed by atoms with Gasteiger partial charge in [0.05, 0.1) is 5.69 Å². The molecular formula is C13H20ClN3. The maximum atomic E-state index is 5.79. The van der Waals surface area contributed by atoms with Crippen molar-refractivity contribution in [3.8, 4) is 0 Å². The SMILES string of the molecule is ClCCN1CCCN(Cc2ccccn2)CC1. The van der Waals surface area contributed by atoms with E-state index < -0.39 is 0 Å². The van der Waals surface area contributed by atoms with Crippen LogP contribution in [0.5, 0.6) is 0 Å². The van der Waals surface area contributed by atoms with Crippen LogP contribution in [0.3, 0.4) is 0 Å². The molecule has 0 atom stereocenters. The van der Waals surface area contributed by atoms with Crippen LogP contribution in [0.4, 0.5) is 0 Å². The number of rotatable bonds is 4. The van der Waals surface area contributed by atoms with Gasteiger partial charge < -0.3 is 4.90 Å². The van der Waals surface area contributed by atoms with E-state index in [4.69, 9.17) is 11.6 Å². The molecule has 1 saturated heterocycles. The Labute approximate surface area is 108 Å². The van der Waals surface area contributed by atoms with Crippen LogP contribution in [0.25, 0.3) is 0 Å². The number of nitrogens with zero attached hydrogens (tertiary/aromatic N) is 3. The molecule has 0 N–H and O–H groups in total. The fourth-order valence-corrected chi connectivity index (χ4v) is 2.49. The maximum absolute atomic E-state index is 5.79. The highest BCUT2D eigenvalue weighted by Gasteiger charge is 2.14. The van der Waals surface area contributed by atoms with Gasteiger partial charge in [0, 0.05) is 38.3 Å². The predicted molar refractivity (Wildman–Crippen MR) is 71.3 cm³/mol. The van der Waals surface area contributed by atoms with E-state index in [0.29, 0.717) is 0 Å². The lowest BCUT2D eigenvalue weighted by Crippen LogP contribution is -2.31. The lowest BCUT2D eigenvalue weighted by Gasteiger charge is -2.20. The molecule has 0 saturated carbocycles. The van der Waals surface area contributed by atoms with Crippen LogP contribution in [-0.2, 0) is 6.54 Å². The normalized spacial score (nSPS) is 19.1. The van der Waals surface area contributed by atoms with E-state index in [1.165, 1.54) is 18.7 Å². The Balaban J connectivity index is 1.83. The molecule has 0 aliphatic carbocycles. The van der Waals surface area contributed by atoms with E-state index in [2.05, 4.69) is 26.9 Å². The third-order valence-electron chi connectivity index (χ3n) is 3.19. The first-order valence-electron chi connectivity index (χ1n) is 6.29. The molecule has 1 aliphatic rings. The molecule has 0 spiro atoms. The van der Waals surface area contributed by atoms with Crippen molar-refractivity contribution in [3.05, 3.63) is 30.1 Å². The van der Waals surface area contributed by atoms with Crippen LogP contribution in [0.15, 0.2) is 24.4 Å². The van der Waals surface area contributed by atoms with Gasteiger partial charge in [0.15, 0.2) is 0 Å². The third kappa shape index (κ3) is 4.26. The second-order valence-electron chi connectivity index (χ2n) is 4.48. The molecule has 0 amide bonds.